The molecule has 1 aliphatic rings. The molecule has 0 atom stereocenters. The molecule has 0 radical (unpaired) electrons. The number of hydrogen-bond donors (Lipinski definition) is 1. The highest BCUT2D eigenvalue weighted by Crippen LogP contribution is 2.36. The molecule has 0 saturated carbocycles. The normalized spacial score (nSPS) is 13.1. The molecule has 0 aliphatic heterocycles. The summed E-state index contributed by atoms with van der Waals surface area (Å²) in [7, 11) is 0. The number of thiophene rings is 2. The first-order valence-electron chi connectivity index (χ1n) is 9.99. The van der Waals surface area contributed by atoms with Crippen LogP contribution in [0.1, 0.15) is 47.6 Å². The Hall–Kier alpha value is -3.03. The molecule has 3 aromatic rings. The molecule has 160 valence electrons. The van der Waals surface area contributed by atoms with E-state index in [4.69, 9.17) is 9.26 Å². The Bertz CT molecular complexity index is 1110. The predicted molar refractivity (Wildman–Crippen MR) is 116 cm³/mol. The van der Waals surface area contributed by atoms with Gasteiger partial charge in [-0.1, -0.05) is 11.6 Å². The maximum Gasteiger partial charge on any atom is 0.306 e. The minimum absolute atomic E-state index is 0.0231. The zero-order valence-electron chi connectivity index (χ0n) is 16.7. The third-order valence-electron chi connectivity index (χ3n) is 4.94. The third kappa shape index (κ3) is 5.18. The molecule has 0 bridgehead atoms. The standard InChI is InChI=1S/C21H20N4O4S2/c22-10-15-14-4-2-1-3-5-16(14)31-21(15)23-17(26)11-28-19(27)7-6-18-24-20(25-29-18)13-8-9-30-12-13/h8-9,12H,1-7,11H2,(H,23,26). The van der Waals surface area contributed by atoms with Gasteiger partial charge in [-0.15, -0.1) is 11.3 Å². The number of rotatable bonds is 7. The molecule has 4 rings (SSSR count). The van der Waals surface area contributed by atoms with E-state index in [0.29, 0.717) is 22.3 Å². The molecule has 0 aromatic carbocycles. The summed E-state index contributed by atoms with van der Waals surface area (Å²) in [4.78, 5) is 29.6. The molecule has 10 heteroatoms. The van der Waals surface area contributed by atoms with E-state index in [1.165, 1.54) is 27.6 Å². The van der Waals surface area contributed by atoms with Gasteiger partial charge < -0.3 is 14.6 Å². The molecular weight excluding hydrogens is 436 g/mol. The van der Waals surface area contributed by atoms with E-state index >= 15 is 0 Å². The van der Waals surface area contributed by atoms with Crippen LogP contribution in [0.25, 0.3) is 11.4 Å². The molecule has 1 amide bonds. The second-order valence-electron chi connectivity index (χ2n) is 7.11. The van der Waals surface area contributed by atoms with Gasteiger partial charge in [0.05, 0.1) is 12.0 Å². The van der Waals surface area contributed by atoms with Gasteiger partial charge in [0, 0.05) is 22.2 Å². The van der Waals surface area contributed by atoms with E-state index in [0.717, 1.165) is 43.2 Å². The van der Waals surface area contributed by atoms with Crippen LogP contribution in [-0.2, 0) is 33.6 Å². The fraction of sp³-hybridized carbons (Fsp3) is 0.381. The minimum atomic E-state index is -0.534. The van der Waals surface area contributed by atoms with E-state index in [1.807, 2.05) is 16.8 Å². The number of nitrogens with zero attached hydrogens (tertiary/aromatic N) is 3. The number of carbonyl (C=O) groups is 2. The van der Waals surface area contributed by atoms with Crippen molar-refractivity contribution in [3.05, 3.63) is 38.7 Å². The number of amides is 1. The first-order chi connectivity index (χ1) is 15.1. The van der Waals surface area contributed by atoms with Crippen molar-refractivity contribution >= 4 is 39.6 Å². The maximum absolute atomic E-state index is 12.2. The van der Waals surface area contributed by atoms with Gasteiger partial charge in [0.2, 0.25) is 11.7 Å². The fourth-order valence-electron chi connectivity index (χ4n) is 3.40. The van der Waals surface area contributed by atoms with Gasteiger partial charge >= 0.3 is 5.97 Å². The first kappa shape index (κ1) is 21.2. The molecule has 1 aliphatic carbocycles. The van der Waals surface area contributed by atoms with Crippen molar-refractivity contribution in [3.8, 4) is 17.5 Å². The lowest BCUT2D eigenvalue weighted by Gasteiger charge is -2.05. The zero-order chi connectivity index (χ0) is 21.6. The highest BCUT2D eigenvalue weighted by atomic mass is 32.1. The Balaban J connectivity index is 1.25. The molecule has 3 heterocycles. The first-order valence-corrected chi connectivity index (χ1v) is 11.7. The number of carbonyl (C=O) groups excluding carboxylic acids is 2. The number of aryl methyl sites for hydroxylation is 2. The van der Waals surface area contributed by atoms with Crippen molar-refractivity contribution in [1.82, 2.24) is 10.1 Å². The van der Waals surface area contributed by atoms with Crippen molar-refractivity contribution in [2.24, 2.45) is 0 Å². The van der Waals surface area contributed by atoms with Crippen molar-refractivity contribution in [2.75, 3.05) is 11.9 Å². The molecule has 8 nitrogen and oxygen atoms in total. The highest BCUT2D eigenvalue weighted by molar-refractivity contribution is 7.16. The molecule has 0 fully saturated rings. The predicted octanol–water partition coefficient (Wildman–Crippen LogP) is 4.11. The molecule has 0 saturated heterocycles. The molecule has 3 aromatic heterocycles. The van der Waals surface area contributed by atoms with Crippen molar-refractivity contribution < 1.29 is 18.8 Å². The van der Waals surface area contributed by atoms with E-state index in [-0.39, 0.29) is 12.8 Å². The second-order valence-corrected chi connectivity index (χ2v) is 9.00. The van der Waals surface area contributed by atoms with Gasteiger partial charge in [0.15, 0.2) is 6.61 Å². The van der Waals surface area contributed by atoms with Crippen LogP contribution in [0.3, 0.4) is 0 Å². The average Bonchev–Trinajstić information content (AvgIpc) is 3.48. The van der Waals surface area contributed by atoms with Crippen LogP contribution in [0, 0.1) is 11.3 Å². The van der Waals surface area contributed by atoms with Crippen LogP contribution in [0.5, 0.6) is 0 Å². The SMILES string of the molecule is N#Cc1c(NC(=O)COC(=O)CCc2nc(-c3ccsc3)no2)sc2c1CCCCC2. The Labute approximate surface area is 186 Å². The summed E-state index contributed by atoms with van der Waals surface area (Å²) < 4.78 is 10.2. The van der Waals surface area contributed by atoms with Gasteiger partial charge in [0.25, 0.3) is 5.91 Å². The topological polar surface area (TPSA) is 118 Å². The Morgan fingerprint density at radius 3 is 2.97 bits per heavy atom. The lowest BCUT2D eigenvalue weighted by atomic mass is 10.1. The number of nitriles is 1. The van der Waals surface area contributed by atoms with Crippen molar-refractivity contribution in [3.63, 3.8) is 0 Å². The lowest BCUT2D eigenvalue weighted by Crippen LogP contribution is -2.21. The van der Waals surface area contributed by atoms with Crippen LogP contribution in [0.2, 0.25) is 0 Å². The minimum Gasteiger partial charge on any atom is -0.456 e. The number of esters is 1. The molecule has 1 N–H and O–H groups in total. The summed E-state index contributed by atoms with van der Waals surface area (Å²) >= 11 is 2.98. The summed E-state index contributed by atoms with van der Waals surface area (Å²) in [5.74, 6) is -0.181. The average molecular weight is 457 g/mol. The zero-order valence-corrected chi connectivity index (χ0v) is 18.3. The quantitative estimate of drug-likeness (QED) is 0.420. The molecular formula is C21H20N4O4S2. The molecule has 0 spiro atoms. The van der Waals surface area contributed by atoms with Gasteiger partial charge in [-0.25, -0.2) is 0 Å². The Morgan fingerprint density at radius 2 is 2.16 bits per heavy atom. The van der Waals surface area contributed by atoms with Gasteiger partial charge in [0.1, 0.15) is 11.1 Å². The number of fused-ring (bicyclic) bond motifs is 1. The number of ether oxygens (including phenoxy) is 1. The van der Waals surface area contributed by atoms with Gasteiger partial charge in [-0.2, -0.15) is 21.6 Å². The summed E-state index contributed by atoms with van der Waals surface area (Å²) in [6.45, 7) is -0.406. The lowest BCUT2D eigenvalue weighted by molar-refractivity contribution is -0.147. The number of nitrogens with one attached hydrogen (secondary N) is 1. The van der Waals surface area contributed by atoms with Crippen LogP contribution >= 0.6 is 22.7 Å². The Morgan fingerprint density at radius 1 is 1.29 bits per heavy atom. The van der Waals surface area contributed by atoms with E-state index < -0.39 is 18.5 Å². The number of aromatic nitrogens is 2. The Kier molecular flexibility index (Phi) is 6.74. The van der Waals surface area contributed by atoms with Crippen molar-refractivity contribution in [1.29, 1.82) is 5.26 Å². The highest BCUT2D eigenvalue weighted by Gasteiger charge is 2.21. The van der Waals surface area contributed by atoms with Gasteiger partial charge in [-0.3, -0.25) is 9.59 Å². The van der Waals surface area contributed by atoms with Crippen LogP contribution in [0.15, 0.2) is 21.3 Å². The smallest absolute Gasteiger partial charge is 0.306 e. The van der Waals surface area contributed by atoms with Crippen molar-refractivity contribution in [2.45, 2.75) is 44.9 Å². The number of anilines is 1. The molecule has 0 unspecified atom stereocenters. The summed E-state index contributed by atoms with van der Waals surface area (Å²) in [5, 5.41) is 20.5. The monoisotopic (exact) mass is 456 g/mol. The van der Waals surface area contributed by atoms with Crippen LogP contribution < -0.4 is 5.32 Å². The van der Waals surface area contributed by atoms with E-state index in [9.17, 15) is 14.9 Å². The van der Waals surface area contributed by atoms with E-state index in [1.54, 1.807) is 0 Å². The summed E-state index contributed by atoms with van der Waals surface area (Å²) in [6, 6.07) is 4.10. The number of hydrogen-bond acceptors (Lipinski definition) is 9. The second kappa shape index (κ2) is 9.85. The fourth-order valence-corrected chi connectivity index (χ4v) is 5.29. The van der Waals surface area contributed by atoms with Gasteiger partial charge in [-0.05, 0) is 42.7 Å². The summed E-state index contributed by atoms with van der Waals surface area (Å²) in [6.07, 6.45) is 5.36. The molecule has 31 heavy (non-hydrogen) atoms. The van der Waals surface area contributed by atoms with Crippen LogP contribution in [0.4, 0.5) is 5.00 Å². The summed E-state index contributed by atoms with van der Waals surface area (Å²) in [5.41, 5.74) is 2.46. The third-order valence-corrected chi connectivity index (χ3v) is 6.83. The largest absolute Gasteiger partial charge is 0.456 e. The van der Waals surface area contributed by atoms with Crippen LogP contribution in [-0.4, -0.2) is 28.6 Å². The maximum atomic E-state index is 12.2. The van der Waals surface area contributed by atoms with E-state index in [2.05, 4.69) is 21.5 Å².